The highest BCUT2D eigenvalue weighted by molar-refractivity contribution is 6.37. The van der Waals surface area contributed by atoms with Crippen LogP contribution in [0, 0.1) is 0 Å². The molecule has 0 saturated heterocycles. The average molecular weight is 345 g/mol. The van der Waals surface area contributed by atoms with Crippen LogP contribution in [-0.4, -0.2) is 23.9 Å². The summed E-state index contributed by atoms with van der Waals surface area (Å²) in [5, 5.41) is 6.62. The zero-order valence-electron chi connectivity index (χ0n) is 13.9. The number of H-pyrrole nitrogens is 1. The summed E-state index contributed by atoms with van der Waals surface area (Å²) < 4.78 is 5.53. The van der Waals surface area contributed by atoms with E-state index in [1.807, 2.05) is 42.5 Å². The quantitative estimate of drug-likeness (QED) is 0.622. The van der Waals surface area contributed by atoms with Crippen molar-refractivity contribution in [3.63, 3.8) is 0 Å². The smallest absolute Gasteiger partial charge is 0.275 e. The molecule has 3 heterocycles. The minimum atomic E-state index is -0.410. The lowest BCUT2D eigenvalue weighted by Crippen LogP contribution is -2.30. The minimum absolute atomic E-state index is 0.294. The van der Waals surface area contributed by atoms with Gasteiger partial charge < -0.3 is 15.0 Å². The fourth-order valence-electron chi connectivity index (χ4n) is 3.87. The summed E-state index contributed by atoms with van der Waals surface area (Å²) in [6, 6.07) is 13.3. The molecule has 2 aromatic carbocycles. The number of hydrogen-bond acceptors (Lipinski definition) is 4. The third-order valence-corrected chi connectivity index (χ3v) is 4.99. The van der Waals surface area contributed by atoms with E-state index >= 15 is 0 Å². The molecule has 2 amide bonds. The van der Waals surface area contributed by atoms with Crippen molar-refractivity contribution in [1.29, 1.82) is 0 Å². The first-order valence-corrected chi connectivity index (χ1v) is 8.29. The number of aromatic nitrogens is 1. The van der Waals surface area contributed by atoms with Crippen molar-refractivity contribution in [2.75, 3.05) is 7.11 Å². The summed E-state index contributed by atoms with van der Waals surface area (Å²) >= 11 is 0. The van der Waals surface area contributed by atoms with Crippen LogP contribution in [0.25, 0.3) is 16.5 Å². The van der Waals surface area contributed by atoms with Crippen molar-refractivity contribution in [3.8, 4) is 5.75 Å². The predicted octanol–water partition coefficient (Wildman–Crippen LogP) is 2.24. The number of methoxy groups -OCH3 is 1. The summed E-state index contributed by atoms with van der Waals surface area (Å²) in [4.78, 5) is 28.0. The molecule has 0 saturated carbocycles. The number of ether oxygens (including phenoxy) is 1. The first-order chi connectivity index (χ1) is 12.7. The lowest BCUT2D eigenvalue weighted by Gasteiger charge is -2.22. The van der Waals surface area contributed by atoms with Gasteiger partial charge in [-0.3, -0.25) is 14.9 Å². The number of para-hydroxylation sites is 1. The Hall–Kier alpha value is -3.54. The second-order valence-corrected chi connectivity index (χ2v) is 6.32. The van der Waals surface area contributed by atoms with Gasteiger partial charge >= 0.3 is 0 Å². The molecule has 0 fully saturated rings. The largest absolute Gasteiger partial charge is 0.496 e. The molecule has 0 aliphatic carbocycles. The average Bonchev–Trinajstić information content (AvgIpc) is 3.14. The van der Waals surface area contributed by atoms with Gasteiger partial charge in [-0.1, -0.05) is 30.3 Å². The highest BCUT2D eigenvalue weighted by atomic mass is 16.5. The van der Waals surface area contributed by atoms with E-state index in [0.717, 1.165) is 27.6 Å². The monoisotopic (exact) mass is 345 g/mol. The number of hydrogen-bond donors (Lipinski definition) is 3. The van der Waals surface area contributed by atoms with E-state index in [4.69, 9.17) is 4.74 Å². The molecule has 2 aliphatic rings. The van der Waals surface area contributed by atoms with Crippen LogP contribution in [-0.2, 0) is 9.59 Å². The van der Waals surface area contributed by atoms with E-state index in [2.05, 4.69) is 15.6 Å². The van der Waals surface area contributed by atoms with Crippen LogP contribution in [0.15, 0.2) is 54.4 Å². The number of aromatic amines is 1. The van der Waals surface area contributed by atoms with E-state index in [1.165, 1.54) is 0 Å². The first kappa shape index (κ1) is 14.8. The lowest BCUT2D eigenvalue weighted by atomic mass is 9.93. The highest BCUT2D eigenvalue weighted by Crippen LogP contribution is 2.41. The number of rotatable bonds is 2. The van der Waals surface area contributed by atoms with Gasteiger partial charge in [0.25, 0.3) is 11.8 Å². The van der Waals surface area contributed by atoms with Crippen LogP contribution in [0.2, 0.25) is 0 Å². The first-order valence-electron chi connectivity index (χ1n) is 8.29. The molecule has 5 rings (SSSR count). The third kappa shape index (κ3) is 1.86. The summed E-state index contributed by atoms with van der Waals surface area (Å²) in [5.41, 5.74) is 4.21. The Labute approximate surface area is 148 Å². The molecule has 0 spiro atoms. The number of carbonyl (C=O) groups is 2. The maximum absolute atomic E-state index is 12.4. The molecule has 26 heavy (non-hydrogen) atoms. The Morgan fingerprint density at radius 2 is 1.77 bits per heavy atom. The molecule has 1 unspecified atom stereocenters. The molecule has 0 bridgehead atoms. The SMILES string of the molecule is COc1ccccc1C1NC2=C(C(=O)NC2=O)c2c[nH]c3cccc1c23. The van der Waals surface area contributed by atoms with Crippen molar-refractivity contribution < 1.29 is 14.3 Å². The van der Waals surface area contributed by atoms with E-state index < -0.39 is 5.91 Å². The highest BCUT2D eigenvalue weighted by Gasteiger charge is 2.38. The molecule has 2 aliphatic heterocycles. The molecular formula is C20H15N3O3. The normalized spacial score (nSPS) is 18.4. The zero-order chi connectivity index (χ0) is 17.8. The number of imide groups is 1. The van der Waals surface area contributed by atoms with Crippen LogP contribution in [0.4, 0.5) is 0 Å². The van der Waals surface area contributed by atoms with E-state index in [0.29, 0.717) is 17.0 Å². The van der Waals surface area contributed by atoms with Gasteiger partial charge in [-0.25, -0.2) is 0 Å². The van der Waals surface area contributed by atoms with Crippen LogP contribution in [0.1, 0.15) is 22.7 Å². The fraction of sp³-hybridized carbons (Fsp3) is 0.100. The molecular weight excluding hydrogens is 330 g/mol. The van der Waals surface area contributed by atoms with Crippen molar-refractivity contribution in [3.05, 3.63) is 71.0 Å². The summed E-state index contributed by atoms with van der Waals surface area (Å²) in [5.74, 6) is -0.0752. The van der Waals surface area contributed by atoms with Gasteiger partial charge in [0, 0.05) is 28.2 Å². The molecule has 6 heteroatoms. The standard InChI is InChI=1S/C20H15N3O3/c1-26-14-8-3-2-5-10(14)17-11-6-4-7-13-15(11)12(9-21-13)16-18(22-17)20(25)23-19(16)24/h2-9,17,21-22H,1H3,(H,23,24,25). The molecule has 1 aromatic heterocycles. The summed E-state index contributed by atoms with van der Waals surface area (Å²) in [6.45, 7) is 0. The predicted molar refractivity (Wildman–Crippen MR) is 96.3 cm³/mol. The van der Waals surface area contributed by atoms with Crippen molar-refractivity contribution in [1.82, 2.24) is 15.6 Å². The van der Waals surface area contributed by atoms with E-state index in [-0.39, 0.29) is 11.9 Å². The Balaban J connectivity index is 1.86. The van der Waals surface area contributed by atoms with Gasteiger partial charge in [0.2, 0.25) is 0 Å². The second kappa shape index (κ2) is 5.23. The van der Waals surface area contributed by atoms with Gasteiger partial charge in [0.15, 0.2) is 0 Å². The number of amides is 2. The van der Waals surface area contributed by atoms with Crippen LogP contribution in [0.3, 0.4) is 0 Å². The Morgan fingerprint density at radius 1 is 0.962 bits per heavy atom. The van der Waals surface area contributed by atoms with Crippen LogP contribution < -0.4 is 15.4 Å². The summed E-state index contributed by atoms with van der Waals surface area (Å²) in [6.07, 6.45) is 1.79. The van der Waals surface area contributed by atoms with E-state index in [1.54, 1.807) is 13.3 Å². The number of benzene rings is 2. The van der Waals surface area contributed by atoms with Crippen molar-refractivity contribution >= 4 is 28.3 Å². The number of carbonyl (C=O) groups excluding carboxylic acids is 2. The molecule has 128 valence electrons. The van der Waals surface area contributed by atoms with Gasteiger partial charge in [0.1, 0.15) is 11.4 Å². The van der Waals surface area contributed by atoms with E-state index in [9.17, 15) is 9.59 Å². The van der Waals surface area contributed by atoms with Crippen molar-refractivity contribution in [2.45, 2.75) is 6.04 Å². The van der Waals surface area contributed by atoms with Gasteiger partial charge in [-0.05, 0) is 17.7 Å². The fourth-order valence-corrected chi connectivity index (χ4v) is 3.87. The van der Waals surface area contributed by atoms with Gasteiger partial charge in [-0.2, -0.15) is 0 Å². The Kier molecular flexibility index (Phi) is 2.97. The molecule has 1 atom stereocenters. The number of fused-ring (bicyclic) bond motifs is 1. The zero-order valence-corrected chi connectivity index (χ0v) is 13.9. The second-order valence-electron chi connectivity index (χ2n) is 6.32. The summed E-state index contributed by atoms with van der Waals surface area (Å²) in [7, 11) is 1.62. The Morgan fingerprint density at radius 3 is 2.62 bits per heavy atom. The topological polar surface area (TPSA) is 83.2 Å². The van der Waals surface area contributed by atoms with Crippen molar-refractivity contribution in [2.24, 2.45) is 0 Å². The van der Waals surface area contributed by atoms with Gasteiger partial charge in [-0.15, -0.1) is 0 Å². The minimum Gasteiger partial charge on any atom is -0.496 e. The molecule has 3 aromatic rings. The van der Waals surface area contributed by atoms with Crippen LogP contribution >= 0.6 is 0 Å². The molecule has 0 radical (unpaired) electrons. The lowest BCUT2D eigenvalue weighted by molar-refractivity contribution is -0.123. The third-order valence-electron chi connectivity index (χ3n) is 4.99. The number of nitrogens with one attached hydrogen (secondary N) is 3. The maximum atomic E-state index is 12.4. The molecule has 6 nitrogen and oxygen atoms in total. The Bertz CT molecular complexity index is 1130. The maximum Gasteiger partial charge on any atom is 0.275 e. The van der Waals surface area contributed by atoms with Crippen LogP contribution in [0.5, 0.6) is 5.75 Å². The van der Waals surface area contributed by atoms with Gasteiger partial charge in [0.05, 0.1) is 18.7 Å². The molecule has 3 N–H and O–H groups in total.